The molecule has 1 aromatic carbocycles. The summed E-state index contributed by atoms with van der Waals surface area (Å²) < 4.78 is 0. The Morgan fingerprint density at radius 3 is 2.79 bits per heavy atom. The van der Waals surface area contributed by atoms with Gasteiger partial charge in [-0.3, -0.25) is 0 Å². The van der Waals surface area contributed by atoms with Crippen LogP contribution in [0.1, 0.15) is 50.7 Å². The lowest BCUT2D eigenvalue weighted by molar-refractivity contribution is 0.172. The molecular formula is C17H27NO. The van der Waals surface area contributed by atoms with Gasteiger partial charge in [-0.15, -0.1) is 0 Å². The lowest BCUT2D eigenvalue weighted by Crippen LogP contribution is -2.25. The van der Waals surface area contributed by atoms with Crippen molar-refractivity contribution in [3.05, 3.63) is 35.9 Å². The van der Waals surface area contributed by atoms with Crippen LogP contribution >= 0.6 is 0 Å². The second-order valence-electron chi connectivity index (χ2n) is 6.06. The van der Waals surface area contributed by atoms with Gasteiger partial charge in [-0.2, -0.15) is 0 Å². The SMILES string of the molecule is CC1CCCC(CCNCC(O)c2ccccc2)C1. The Hall–Kier alpha value is -0.860. The van der Waals surface area contributed by atoms with E-state index in [9.17, 15) is 5.11 Å². The summed E-state index contributed by atoms with van der Waals surface area (Å²) in [7, 11) is 0. The molecule has 2 rings (SSSR count). The Kier molecular flexibility index (Phi) is 5.87. The Morgan fingerprint density at radius 1 is 1.26 bits per heavy atom. The summed E-state index contributed by atoms with van der Waals surface area (Å²) >= 11 is 0. The van der Waals surface area contributed by atoms with Gasteiger partial charge in [0.15, 0.2) is 0 Å². The molecule has 0 aromatic heterocycles. The van der Waals surface area contributed by atoms with Crippen LogP contribution in [-0.4, -0.2) is 18.2 Å². The summed E-state index contributed by atoms with van der Waals surface area (Å²) in [5.74, 6) is 1.80. The van der Waals surface area contributed by atoms with E-state index in [0.29, 0.717) is 6.54 Å². The molecule has 0 heterocycles. The maximum Gasteiger partial charge on any atom is 0.0914 e. The number of rotatable bonds is 6. The zero-order valence-electron chi connectivity index (χ0n) is 12.0. The number of hydrogen-bond acceptors (Lipinski definition) is 2. The Morgan fingerprint density at radius 2 is 2.05 bits per heavy atom. The molecule has 3 unspecified atom stereocenters. The minimum absolute atomic E-state index is 0.383. The van der Waals surface area contributed by atoms with Crippen molar-refractivity contribution in [3.63, 3.8) is 0 Å². The molecule has 1 aliphatic carbocycles. The molecule has 2 nitrogen and oxygen atoms in total. The summed E-state index contributed by atoms with van der Waals surface area (Å²) in [4.78, 5) is 0. The molecule has 0 spiro atoms. The van der Waals surface area contributed by atoms with Gasteiger partial charge in [0.05, 0.1) is 6.10 Å². The highest BCUT2D eigenvalue weighted by atomic mass is 16.3. The van der Waals surface area contributed by atoms with Gasteiger partial charge >= 0.3 is 0 Å². The molecule has 1 saturated carbocycles. The number of aliphatic hydroxyl groups is 1. The van der Waals surface area contributed by atoms with Gasteiger partial charge in [-0.05, 0) is 36.8 Å². The van der Waals surface area contributed by atoms with E-state index < -0.39 is 0 Å². The van der Waals surface area contributed by atoms with Crippen LogP contribution in [0, 0.1) is 11.8 Å². The Balaban J connectivity index is 1.61. The normalized spacial score (nSPS) is 25.2. The molecule has 3 atom stereocenters. The van der Waals surface area contributed by atoms with Gasteiger partial charge in [0.2, 0.25) is 0 Å². The van der Waals surface area contributed by atoms with Crippen molar-refractivity contribution in [2.24, 2.45) is 11.8 Å². The van der Waals surface area contributed by atoms with E-state index in [1.54, 1.807) is 0 Å². The lowest BCUT2D eigenvalue weighted by Gasteiger charge is -2.26. The minimum Gasteiger partial charge on any atom is -0.387 e. The maximum absolute atomic E-state index is 10.0. The van der Waals surface area contributed by atoms with Crippen LogP contribution in [0.2, 0.25) is 0 Å². The summed E-state index contributed by atoms with van der Waals surface area (Å²) in [5.41, 5.74) is 1.00. The van der Waals surface area contributed by atoms with Crippen LogP contribution in [0.4, 0.5) is 0 Å². The highest BCUT2D eigenvalue weighted by Gasteiger charge is 2.18. The molecule has 1 fully saturated rings. The Labute approximate surface area is 117 Å². The van der Waals surface area contributed by atoms with Gasteiger partial charge < -0.3 is 10.4 Å². The third-order valence-corrected chi connectivity index (χ3v) is 4.30. The molecule has 0 saturated heterocycles. The van der Waals surface area contributed by atoms with Crippen LogP contribution in [0.25, 0.3) is 0 Å². The van der Waals surface area contributed by atoms with Crippen molar-refractivity contribution in [1.82, 2.24) is 5.32 Å². The van der Waals surface area contributed by atoms with Crippen molar-refractivity contribution >= 4 is 0 Å². The third-order valence-electron chi connectivity index (χ3n) is 4.30. The second kappa shape index (κ2) is 7.66. The average Bonchev–Trinajstić information content (AvgIpc) is 2.44. The van der Waals surface area contributed by atoms with Crippen LogP contribution in [0.15, 0.2) is 30.3 Å². The quantitative estimate of drug-likeness (QED) is 0.768. The van der Waals surface area contributed by atoms with Crippen LogP contribution in [-0.2, 0) is 0 Å². The fourth-order valence-corrected chi connectivity index (χ4v) is 3.16. The molecule has 0 bridgehead atoms. The molecule has 0 amide bonds. The first-order valence-electron chi connectivity index (χ1n) is 7.69. The average molecular weight is 261 g/mol. The smallest absolute Gasteiger partial charge is 0.0914 e. The van der Waals surface area contributed by atoms with Gasteiger partial charge in [0, 0.05) is 6.54 Å². The molecule has 1 aromatic rings. The maximum atomic E-state index is 10.0. The summed E-state index contributed by atoms with van der Waals surface area (Å²) in [5, 5.41) is 13.4. The van der Waals surface area contributed by atoms with Crippen LogP contribution < -0.4 is 5.32 Å². The van der Waals surface area contributed by atoms with Crippen molar-refractivity contribution in [2.45, 2.75) is 45.1 Å². The first-order chi connectivity index (χ1) is 9.25. The first kappa shape index (κ1) is 14.5. The Bertz CT molecular complexity index is 352. The van der Waals surface area contributed by atoms with E-state index in [1.807, 2.05) is 30.3 Å². The molecule has 2 N–H and O–H groups in total. The summed E-state index contributed by atoms with van der Waals surface area (Å²) in [6.07, 6.45) is 6.48. The first-order valence-corrected chi connectivity index (χ1v) is 7.69. The molecule has 1 aliphatic rings. The number of benzene rings is 1. The van der Waals surface area contributed by atoms with Gasteiger partial charge in [0.1, 0.15) is 0 Å². The monoisotopic (exact) mass is 261 g/mol. The second-order valence-corrected chi connectivity index (χ2v) is 6.06. The van der Waals surface area contributed by atoms with Crippen LogP contribution in [0.3, 0.4) is 0 Å². The molecular weight excluding hydrogens is 234 g/mol. The van der Waals surface area contributed by atoms with E-state index in [0.717, 1.165) is 23.9 Å². The van der Waals surface area contributed by atoms with Crippen molar-refractivity contribution in [2.75, 3.05) is 13.1 Å². The fraction of sp³-hybridized carbons (Fsp3) is 0.647. The van der Waals surface area contributed by atoms with E-state index in [2.05, 4.69) is 12.2 Å². The molecule has 106 valence electrons. The van der Waals surface area contributed by atoms with Gasteiger partial charge in [-0.1, -0.05) is 56.5 Å². The summed E-state index contributed by atoms with van der Waals surface area (Å²) in [6, 6.07) is 9.89. The largest absolute Gasteiger partial charge is 0.387 e. The van der Waals surface area contributed by atoms with E-state index in [1.165, 1.54) is 32.1 Å². The highest BCUT2D eigenvalue weighted by Crippen LogP contribution is 2.30. The molecule has 0 aliphatic heterocycles. The zero-order chi connectivity index (χ0) is 13.5. The molecule has 2 heteroatoms. The van der Waals surface area contributed by atoms with Gasteiger partial charge in [0.25, 0.3) is 0 Å². The number of aliphatic hydroxyl groups excluding tert-OH is 1. The van der Waals surface area contributed by atoms with E-state index >= 15 is 0 Å². The zero-order valence-corrected chi connectivity index (χ0v) is 12.0. The summed E-state index contributed by atoms with van der Waals surface area (Å²) in [6.45, 7) is 4.06. The minimum atomic E-state index is -0.383. The number of hydrogen-bond donors (Lipinski definition) is 2. The predicted molar refractivity (Wildman–Crippen MR) is 80.0 cm³/mol. The molecule has 0 radical (unpaired) electrons. The highest BCUT2D eigenvalue weighted by molar-refractivity contribution is 5.17. The third kappa shape index (κ3) is 4.96. The standard InChI is InChI=1S/C17H27NO/c1-14-6-5-7-15(12-14)10-11-18-13-17(19)16-8-3-2-4-9-16/h2-4,8-9,14-15,17-19H,5-7,10-13H2,1H3. The topological polar surface area (TPSA) is 32.3 Å². The van der Waals surface area contributed by atoms with Crippen LogP contribution in [0.5, 0.6) is 0 Å². The molecule has 19 heavy (non-hydrogen) atoms. The fourth-order valence-electron chi connectivity index (χ4n) is 3.16. The van der Waals surface area contributed by atoms with Gasteiger partial charge in [-0.25, -0.2) is 0 Å². The van der Waals surface area contributed by atoms with Crippen molar-refractivity contribution in [3.8, 4) is 0 Å². The van der Waals surface area contributed by atoms with Crippen molar-refractivity contribution < 1.29 is 5.11 Å². The van der Waals surface area contributed by atoms with E-state index in [-0.39, 0.29) is 6.10 Å². The predicted octanol–water partition coefficient (Wildman–Crippen LogP) is 3.53. The van der Waals surface area contributed by atoms with Crippen molar-refractivity contribution in [1.29, 1.82) is 0 Å². The van der Waals surface area contributed by atoms with E-state index in [4.69, 9.17) is 0 Å². The number of nitrogens with one attached hydrogen (secondary N) is 1. The lowest BCUT2D eigenvalue weighted by atomic mass is 9.81.